The summed E-state index contributed by atoms with van der Waals surface area (Å²) in [5, 5.41) is 19.5. The molecule has 1 saturated heterocycles. The summed E-state index contributed by atoms with van der Waals surface area (Å²) in [5.74, 6) is -0.873. The predicted molar refractivity (Wildman–Crippen MR) is 81.9 cm³/mol. The third kappa shape index (κ3) is 2.57. The molecule has 0 saturated carbocycles. The van der Waals surface area contributed by atoms with Crippen molar-refractivity contribution >= 4 is 11.7 Å². The summed E-state index contributed by atoms with van der Waals surface area (Å²) in [7, 11) is 0. The van der Waals surface area contributed by atoms with E-state index < -0.39 is 5.97 Å². The van der Waals surface area contributed by atoms with E-state index in [1.165, 1.54) is 12.8 Å². The number of aromatic carboxylic acids is 1. The molecule has 1 heterocycles. The molecule has 0 radical (unpaired) electrons. The summed E-state index contributed by atoms with van der Waals surface area (Å²) >= 11 is 0. The largest absolute Gasteiger partial charge is 0.507 e. The minimum Gasteiger partial charge on any atom is -0.507 e. The zero-order valence-corrected chi connectivity index (χ0v) is 11.6. The second-order valence-electron chi connectivity index (χ2n) is 5.25. The van der Waals surface area contributed by atoms with Gasteiger partial charge in [0.25, 0.3) is 0 Å². The molecule has 0 bridgehead atoms. The van der Waals surface area contributed by atoms with Gasteiger partial charge in [0.15, 0.2) is 0 Å². The fraction of sp³-hybridized carbons (Fsp3) is 0.235. The number of benzene rings is 2. The summed E-state index contributed by atoms with van der Waals surface area (Å²) < 4.78 is 0. The molecule has 0 amide bonds. The van der Waals surface area contributed by atoms with Gasteiger partial charge in [0.05, 0.1) is 5.56 Å². The molecule has 2 aromatic carbocycles. The van der Waals surface area contributed by atoms with Crippen molar-refractivity contribution in [1.29, 1.82) is 0 Å². The SMILES string of the molecule is O=C(O)c1ccccc1-c1ccc(N2CCCC2)cc1O. The summed E-state index contributed by atoms with van der Waals surface area (Å²) in [6.45, 7) is 2.01. The van der Waals surface area contributed by atoms with Gasteiger partial charge in [0, 0.05) is 30.4 Å². The number of carboxylic acids is 1. The Morgan fingerprint density at radius 3 is 2.38 bits per heavy atom. The molecule has 0 unspecified atom stereocenters. The smallest absolute Gasteiger partial charge is 0.336 e. The third-order valence-electron chi connectivity index (χ3n) is 3.90. The Balaban J connectivity index is 2.02. The Bertz CT molecular complexity index is 675. The molecule has 21 heavy (non-hydrogen) atoms. The van der Waals surface area contributed by atoms with Crippen molar-refractivity contribution in [3.05, 3.63) is 48.0 Å². The minimum atomic E-state index is -0.992. The first kappa shape index (κ1) is 13.5. The average Bonchev–Trinajstić information content (AvgIpc) is 3.01. The van der Waals surface area contributed by atoms with Crippen molar-refractivity contribution in [3.63, 3.8) is 0 Å². The summed E-state index contributed by atoms with van der Waals surface area (Å²) in [5.41, 5.74) is 2.27. The lowest BCUT2D eigenvalue weighted by Gasteiger charge is -2.19. The van der Waals surface area contributed by atoms with E-state index in [1.54, 1.807) is 36.4 Å². The lowest BCUT2D eigenvalue weighted by molar-refractivity contribution is 0.0698. The molecule has 0 aliphatic carbocycles. The molecule has 0 spiro atoms. The first-order chi connectivity index (χ1) is 10.2. The van der Waals surface area contributed by atoms with Crippen molar-refractivity contribution in [1.82, 2.24) is 0 Å². The third-order valence-corrected chi connectivity index (χ3v) is 3.90. The highest BCUT2D eigenvalue weighted by Gasteiger charge is 2.17. The molecule has 2 aromatic rings. The first-order valence-corrected chi connectivity index (χ1v) is 7.07. The van der Waals surface area contributed by atoms with Gasteiger partial charge in [-0.1, -0.05) is 18.2 Å². The maximum Gasteiger partial charge on any atom is 0.336 e. The molecule has 0 aromatic heterocycles. The topological polar surface area (TPSA) is 60.8 Å². The number of carbonyl (C=O) groups is 1. The fourth-order valence-corrected chi connectivity index (χ4v) is 2.82. The molecular weight excluding hydrogens is 266 g/mol. The van der Waals surface area contributed by atoms with Gasteiger partial charge < -0.3 is 15.1 Å². The molecule has 3 rings (SSSR count). The van der Waals surface area contributed by atoms with Gasteiger partial charge >= 0.3 is 5.97 Å². The Hall–Kier alpha value is -2.49. The van der Waals surface area contributed by atoms with Crippen molar-refractivity contribution in [3.8, 4) is 16.9 Å². The zero-order valence-electron chi connectivity index (χ0n) is 11.6. The van der Waals surface area contributed by atoms with Crippen LogP contribution in [0.3, 0.4) is 0 Å². The number of carboxylic acid groups (broad SMARTS) is 1. The van der Waals surface area contributed by atoms with Gasteiger partial charge in [0.1, 0.15) is 5.75 Å². The predicted octanol–water partition coefficient (Wildman–Crippen LogP) is 3.36. The molecule has 0 atom stereocenters. The molecule has 1 aliphatic heterocycles. The number of nitrogens with zero attached hydrogens (tertiary/aromatic N) is 1. The van der Waals surface area contributed by atoms with E-state index in [-0.39, 0.29) is 11.3 Å². The van der Waals surface area contributed by atoms with Gasteiger partial charge in [-0.25, -0.2) is 4.79 Å². The van der Waals surface area contributed by atoms with Gasteiger partial charge in [-0.3, -0.25) is 0 Å². The quantitative estimate of drug-likeness (QED) is 0.906. The Kier molecular flexibility index (Phi) is 3.52. The second kappa shape index (κ2) is 5.48. The van der Waals surface area contributed by atoms with Crippen molar-refractivity contribution in [2.75, 3.05) is 18.0 Å². The monoisotopic (exact) mass is 283 g/mol. The van der Waals surface area contributed by atoms with E-state index in [2.05, 4.69) is 4.90 Å². The van der Waals surface area contributed by atoms with Gasteiger partial charge in [0.2, 0.25) is 0 Å². The van der Waals surface area contributed by atoms with Crippen LogP contribution >= 0.6 is 0 Å². The van der Waals surface area contributed by atoms with Gasteiger partial charge in [-0.2, -0.15) is 0 Å². The second-order valence-corrected chi connectivity index (χ2v) is 5.25. The van der Waals surface area contributed by atoms with Crippen molar-refractivity contribution in [2.45, 2.75) is 12.8 Å². The Morgan fingerprint density at radius 1 is 1.00 bits per heavy atom. The number of anilines is 1. The van der Waals surface area contributed by atoms with Crippen LogP contribution < -0.4 is 4.90 Å². The van der Waals surface area contributed by atoms with E-state index in [9.17, 15) is 15.0 Å². The first-order valence-electron chi connectivity index (χ1n) is 7.07. The standard InChI is InChI=1S/C17H17NO3/c19-16-11-12(18-9-3-4-10-18)7-8-14(16)13-5-1-2-6-15(13)17(20)21/h1-2,5-8,11,19H,3-4,9-10H2,(H,20,21). The van der Waals surface area contributed by atoms with Crippen LogP contribution in [0, 0.1) is 0 Å². The van der Waals surface area contributed by atoms with E-state index in [1.807, 2.05) is 6.07 Å². The fourth-order valence-electron chi connectivity index (χ4n) is 2.82. The minimum absolute atomic E-state index is 0.119. The van der Waals surface area contributed by atoms with Crippen LogP contribution in [-0.4, -0.2) is 29.3 Å². The molecule has 4 nitrogen and oxygen atoms in total. The number of hydrogen-bond donors (Lipinski definition) is 2. The zero-order chi connectivity index (χ0) is 14.8. The number of rotatable bonds is 3. The Labute approximate surface area is 123 Å². The number of phenols is 1. The average molecular weight is 283 g/mol. The summed E-state index contributed by atoms with van der Waals surface area (Å²) in [4.78, 5) is 13.5. The van der Waals surface area contributed by atoms with Crippen LogP contribution in [0.4, 0.5) is 5.69 Å². The van der Waals surface area contributed by atoms with Crippen LogP contribution in [0.25, 0.3) is 11.1 Å². The normalized spacial score (nSPS) is 14.4. The van der Waals surface area contributed by atoms with Crippen LogP contribution in [0.1, 0.15) is 23.2 Å². The van der Waals surface area contributed by atoms with E-state index in [0.29, 0.717) is 11.1 Å². The molecular formula is C17H17NO3. The van der Waals surface area contributed by atoms with Crippen LogP contribution in [0.5, 0.6) is 5.75 Å². The summed E-state index contributed by atoms with van der Waals surface area (Å²) in [6, 6.07) is 12.2. The number of aromatic hydroxyl groups is 1. The maximum absolute atomic E-state index is 11.3. The van der Waals surface area contributed by atoms with E-state index >= 15 is 0 Å². The Morgan fingerprint density at radius 2 is 1.71 bits per heavy atom. The molecule has 4 heteroatoms. The molecule has 108 valence electrons. The van der Waals surface area contributed by atoms with Crippen LogP contribution in [0.15, 0.2) is 42.5 Å². The highest BCUT2D eigenvalue weighted by Crippen LogP contribution is 2.35. The van der Waals surface area contributed by atoms with Gasteiger partial charge in [-0.15, -0.1) is 0 Å². The van der Waals surface area contributed by atoms with Crippen molar-refractivity contribution < 1.29 is 15.0 Å². The van der Waals surface area contributed by atoms with Gasteiger partial charge in [-0.05, 0) is 36.6 Å². The molecule has 2 N–H and O–H groups in total. The highest BCUT2D eigenvalue weighted by atomic mass is 16.4. The summed E-state index contributed by atoms with van der Waals surface area (Å²) in [6.07, 6.45) is 2.34. The lowest BCUT2D eigenvalue weighted by atomic mass is 9.98. The number of phenolic OH excluding ortho intramolecular Hbond substituents is 1. The lowest BCUT2D eigenvalue weighted by Crippen LogP contribution is -2.17. The molecule has 1 aliphatic rings. The van der Waals surface area contributed by atoms with E-state index in [4.69, 9.17) is 0 Å². The maximum atomic E-state index is 11.3. The van der Waals surface area contributed by atoms with Crippen LogP contribution in [0.2, 0.25) is 0 Å². The van der Waals surface area contributed by atoms with E-state index in [0.717, 1.165) is 18.8 Å². The van der Waals surface area contributed by atoms with Crippen molar-refractivity contribution in [2.24, 2.45) is 0 Å². The number of hydrogen-bond acceptors (Lipinski definition) is 3. The highest BCUT2D eigenvalue weighted by molar-refractivity contribution is 5.97. The van der Waals surface area contributed by atoms with Crippen LogP contribution in [-0.2, 0) is 0 Å². The molecule has 1 fully saturated rings.